The first-order valence-corrected chi connectivity index (χ1v) is 15.3. The summed E-state index contributed by atoms with van der Waals surface area (Å²) in [4.78, 5) is 13.3. The van der Waals surface area contributed by atoms with Crippen molar-refractivity contribution in [3.63, 3.8) is 0 Å². The number of epoxide rings is 1. The van der Waals surface area contributed by atoms with Gasteiger partial charge in [-0.3, -0.25) is 4.79 Å². The second kappa shape index (κ2) is 6.64. The van der Waals surface area contributed by atoms with Gasteiger partial charge in [0.05, 0.1) is 11.5 Å². The largest absolute Gasteiger partial charge is 0.456 e. The fourth-order valence-electron chi connectivity index (χ4n) is 5.24. The van der Waals surface area contributed by atoms with Gasteiger partial charge in [-0.15, -0.1) is 0 Å². The number of sulfone groups is 1. The minimum atomic E-state index is -3.99. The lowest BCUT2D eigenvalue weighted by molar-refractivity contribution is -0.253. The molecule has 0 saturated carbocycles. The quantitative estimate of drug-likeness (QED) is 0.346. The van der Waals surface area contributed by atoms with Crippen LogP contribution in [0.25, 0.3) is 0 Å². The molecule has 10 heteroatoms. The van der Waals surface area contributed by atoms with Gasteiger partial charge >= 0.3 is 5.97 Å². The maximum atomic E-state index is 13.7. The second-order valence-corrected chi connectivity index (χ2v) is 17.5. The SMILES string of the molecule is COC12OC3(C4OC41)C(C(=O)O[C@H]3CO[Si](C)(C)C(C)(C)C)C2S(=O)(=O)c1ccccc1. The number of methoxy groups -OCH3 is 1. The number of ether oxygens (including phenoxy) is 4. The molecule has 4 saturated heterocycles. The smallest absolute Gasteiger partial charge is 0.314 e. The average Bonchev–Trinajstić information content (AvgIpc) is 3.35. The number of hydrogen-bond donors (Lipinski definition) is 0. The molecule has 0 N–H and O–H groups in total. The maximum absolute atomic E-state index is 13.7. The van der Waals surface area contributed by atoms with E-state index in [1.807, 2.05) is 0 Å². The van der Waals surface area contributed by atoms with Gasteiger partial charge in [0.1, 0.15) is 23.4 Å². The molecule has 4 fully saturated rings. The zero-order valence-electron chi connectivity index (χ0n) is 19.2. The molecule has 4 aliphatic heterocycles. The van der Waals surface area contributed by atoms with E-state index in [2.05, 4.69) is 33.9 Å². The summed E-state index contributed by atoms with van der Waals surface area (Å²) in [5, 5.41) is -1.30. The third-order valence-electron chi connectivity index (χ3n) is 8.00. The standard InChI is InChI=1S/C22H30O8SSi/c1-20(2,3)32(5,6)27-12-14-21-15(19(23)28-14)18(22(26-4,30-21)17-16(21)29-17)31(24,25)13-10-8-7-9-11-13/h7-11,14-18H,12H2,1-6H3/t14-,15?,16?,17?,18?,21?,22?/m0/s1. The van der Waals surface area contributed by atoms with E-state index in [9.17, 15) is 13.2 Å². The van der Waals surface area contributed by atoms with Crippen LogP contribution in [0.3, 0.4) is 0 Å². The molecule has 4 aliphatic rings. The van der Waals surface area contributed by atoms with E-state index in [-0.39, 0.29) is 16.5 Å². The number of benzene rings is 1. The van der Waals surface area contributed by atoms with Gasteiger partial charge in [0, 0.05) is 7.11 Å². The molecule has 1 aromatic carbocycles. The molecule has 0 radical (unpaired) electrons. The average molecular weight is 483 g/mol. The summed E-state index contributed by atoms with van der Waals surface area (Å²) in [7, 11) is -4.74. The maximum Gasteiger partial charge on any atom is 0.314 e. The minimum absolute atomic E-state index is 0.0347. The van der Waals surface area contributed by atoms with Gasteiger partial charge < -0.3 is 23.4 Å². The third-order valence-corrected chi connectivity index (χ3v) is 14.7. The van der Waals surface area contributed by atoms with Crippen LogP contribution in [-0.2, 0) is 38.0 Å². The topological polar surface area (TPSA) is 101 Å². The van der Waals surface area contributed by atoms with Crippen LogP contribution >= 0.6 is 0 Å². The summed E-state index contributed by atoms with van der Waals surface area (Å²) in [5.41, 5.74) is -1.24. The Morgan fingerprint density at radius 2 is 1.78 bits per heavy atom. The highest BCUT2D eigenvalue weighted by molar-refractivity contribution is 7.92. The van der Waals surface area contributed by atoms with Crippen LogP contribution in [0.5, 0.6) is 0 Å². The molecule has 0 amide bonds. The normalized spacial score (nSPS) is 40.2. The predicted octanol–water partition coefficient (Wildman–Crippen LogP) is 2.28. The summed E-state index contributed by atoms with van der Waals surface area (Å²) >= 11 is 0. The van der Waals surface area contributed by atoms with Crippen molar-refractivity contribution >= 4 is 24.1 Å². The molecule has 0 aromatic heterocycles. The van der Waals surface area contributed by atoms with Crippen LogP contribution < -0.4 is 0 Å². The van der Waals surface area contributed by atoms with Gasteiger partial charge in [0.2, 0.25) is 5.79 Å². The predicted molar refractivity (Wildman–Crippen MR) is 116 cm³/mol. The van der Waals surface area contributed by atoms with Gasteiger partial charge in [-0.05, 0) is 30.3 Å². The molecule has 176 valence electrons. The zero-order chi connectivity index (χ0) is 23.3. The Bertz CT molecular complexity index is 1050. The van der Waals surface area contributed by atoms with Crippen LogP contribution in [0.4, 0.5) is 0 Å². The lowest BCUT2D eigenvalue weighted by Crippen LogP contribution is -2.56. The Labute approximate surface area is 189 Å². The zero-order valence-corrected chi connectivity index (χ0v) is 21.0. The second-order valence-electron chi connectivity index (χ2n) is 10.6. The van der Waals surface area contributed by atoms with E-state index in [1.54, 1.807) is 18.2 Å². The van der Waals surface area contributed by atoms with Crippen molar-refractivity contribution in [1.29, 1.82) is 0 Å². The summed E-state index contributed by atoms with van der Waals surface area (Å²) < 4.78 is 57.6. The van der Waals surface area contributed by atoms with Crippen LogP contribution in [0.15, 0.2) is 35.2 Å². The van der Waals surface area contributed by atoms with E-state index in [1.165, 1.54) is 19.2 Å². The van der Waals surface area contributed by atoms with Crippen molar-refractivity contribution in [3.05, 3.63) is 30.3 Å². The van der Waals surface area contributed by atoms with Crippen molar-refractivity contribution < 1.29 is 36.6 Å². The van der Waals surface area contributed by atoms with Crippen molar-refractivity contribution in [3.8, 4) is 0 Å². The Kier molecular flexibility index (Phi) is 4.66. The number of cyclic esters (lactones) is 1. The van der Waals surface area contributed by atoms with Crippen LogP contribution in [0, 0.1) is 5.92 Å². The van der Waals surface area contributed by atoms with Crippen LogP contribution in [0.2, 0.25) is 18.1 Å². The number of fused-ring (bicyclic) bond motifs is 3. The molecule has 1 spiro atoms. The molecule has 6 unspecified atom stereocenters. The Morgan fingerprint density at radius 3 is 2.38 bits per heavy atom. The van der Waals surface area contributed by atoms with E-state index in [0.717, 1.165) is 0 Å². The number of esters is 1. The van der Waals surface area contributed by atoms with E-state index in [0.29, 0.717) is 0 Å². The third kappa shape index (κ3) is 2.68. The molecule has 0 aliphatic carbocycles. The first-order chi connectivity index (χ1) is 14.8. The highest BCUT2D eigenvalue weighted by atomic mass is 32.2. The Hall–Kier alpha value is -1.30. The summed E-state index contributed by atoms with van der Waals surface area (Å²) in [6, 6.07) is 8.06. The van der Waals surface area contributed by atoms with Crippen LogP contribution in [0.1, 0.15) is 20.8 Å². The van der Waals surface area contributed by atoms with E-state index < -0.39 is 65.0 Å². The highest BCUT2D eigenvalue weighted by Gasteiger charge is 2.92. The summed E-state index contributed by atoms with van der Waals surface area (Å²) in [5.74, 6) is -3.21. The van der Waals surface area contributed by atoms with Crippen molar-refractivity contribution in [1.82, 2.24) is 0 Å². The summed E-state index contributed by atoms with van der Waals surface area (Å²) in [6.07, 6.45) is -1.80. The molecule has 2 bridgehead atoms. The van der Waals surface area contributed by atoms with Gasteiger partial charge in [-0.2, -0.15) is 0 Å². The highest BCUT2D eigenvalue weighted by Crippen LogP contribution is 2.69. The van der Waals surface area contributed by atoms with Gasteiger partial charge in [-0.25, -0.2) is 8.42 Å². The molecular weight excluding hydrogens is 452 g/mol. The monoisotopic (exact) mass is 482 g/mol. The van der Waals surface area contributed by atoms with Crippen molar-refractivity contribution in [2.75, 3.05) is 13.7 Å². The molecule has 5 rings (SSSR count). The minimum Gasteiger partial charge on any atom is -0.456 e. The number of carbonyl (C=O) groups is 1. The molecule has 7 atom stereocenters. The lowest BCUT2D eigenvalue weighted by Gasteiger charge is -2.38. The fraction of sp³-hybridized carbons (Fsp3) is 0.682. The Balaban J connectivity index is 1.54. The van der Waals surface area contributed by atoms with Gasteiger partial charge in [0.15, 0.2) is 29.9 Å². The van der Waals surface area contributed by atoms with Gasteiger partial charge in [-0.1, -0.05) is 39.0 Å². The van der Waals surface area contributed by atoms with Crippen molar-refractivity contribution in [2.45, 2.75) is 78.7 Å². The molecule has 8 nitrogen and oxygen atoms in total. The molecular formula is C22H30O8SSi. The number of carbonyl (C=O) groups excluding carboxylic acids is 1. The number of hydrogen-bond acceptors (Lipinski definition) is 8. The molecule has 32 heavy (non-hydrogen) atoms. The first kappa shape index (κ1) is 22.5. The van der Waals surface area contributed by atoms with E-state index >= 15 is 0 Å². The van der Waals surface area contributed by atoms with E-state index in [4.69, 9.17) is 23.4 Å². The van der Waals surface area contributed by atoms with Gasteiger partial charge in [0.25, 0.3) is 0 Å². The summed E-state index contributed by atoms with van der Waals surface area (Å²) in [6.45, 7) is 10.7. The molecule has 1 aromatic rings. The lowest BCUT2D eigenvalue weighted by atomic mass is 9.76. The molecule has 4 heterocycles. The fourth-order valence-corrected chi connectivity index (χ4v) is 8.46. The Morgan fingerprint density at radius 1 is 1.12 bits per heavy atom. The number of rotatable bonds is 6. The first-order valence-electron chi connectivity index (χ1n) is 10.9. The van der Waals surface area contributed by atoms with Crippen molar-refractivity contribution in [2.24, 2.45) is 5.92 Å². The van der Waals surface area contributed by atoms with Crippen LogP contribution in [-0.4, -0.2) is 71.4 Å².